The topological polar surface area (TPSA) is 40.0 Å². The van der Waals surface area contributed by atoms with Gasteiger partial charge >= 0.3 is 0 Å². The molecule has 0 amide bonds. The molecule has 23 heavy (non-hydrogen) atoms. The average Bonchev–Trinajstić information content (AvgIpc) is 2.98. The Morgan fingerprint density at radius 1 is 1.00 bits per heavy atom. The van der Waals surface area contributed by atoms with E-state index in [9.17, 15) is 0 Å². The first-order valence-corrected chi connectivity index (χ1v) is 8.14. The molecule has 1 heterocycles. The largest absolute Gasteiger partial charge is 0.493 e. The maximum Gasteiger partial charge on any atom is 0.222 e. The van der Waals surface area contributed by atoms with E-state index in [1.807, 2.05) is 30.3 Å². The number of hydrogen-bond donors (Lipinski definition) is 0. The van der Waals surface area contributed by atoms with Gasteiger partial charge in [-0.05, 0) is 40.3 Å². The lowest BCUT2D eigenvalue weighted by molar-refractivity contribution is 0.355. The third kappa shape index (κ3) is 2.81. The molecule has 118 valence electrons. The summed E-state index contributed by atoms with van der Waals surface area (Å²) in [5.41, 5.74) is 2.96. The maximum atomic E-state index is 6.01. The normalized spacial score (nSPS) is 16.8. The minimum absolute atomic E-state index is 0.584. The van der Waals surface area contributed by atoms with Gasteiger partial charge in [0, 0.05) is 12.6 Å². The lowest BCUT2D eigenvalue weighted by Gasteiger charge is -2.09. The van der Waals surface area contributed by atoms with E-state index < -0.39 is 0 Å². The summed E-state index contributed by atoms with van der Waals surface area (Å²) in [7, 11) is 4.96. The molecule has 2 aromatic carbocycles. The average molecular weight is 421 g/mol. The SMILES string of the molecule is CN=C1O/C(=C(/I)c2ccccc2)c2cc(OC)c(OC)cc21. The van der Waals surface area contributed by atoms with E-state index in [4.69, 9.17) is 14.2 Å². The smallest absolute Gasteiger partial charge is 0.222 e. The first kappa shape index (κ1) is 15.9. The van der Waals surface area contributed by atoms with Gasteiger partial charge in [0.1, 0.15) is 0 Å². The summed E-state index contributed by atoms with van der Waals surface area (Å²) < 4.78 is 17.8. The Bertz CT molecular complexity index is 797. The number of benzene rings is 2. The van der Waals surface area contributed by atoms with Crippen molar-refractivity contribution in [1.29, 1.82) is 0 Å². The van der Waals surface area contributed by atoms with Gasteiger partial charge in [0.15, 0.2) is 17.3 Å². The number of ether oxygens (including phenoxy) is 3. The van der Waals surface area contributed by atoms with Crippen molar-refractivity contribution in [3.63, 3.8) is 0 Å². The monoisotopic (exact) mass is 421 g/mol. The van der Waals surface area contributed by atoms with Crippen molar-refractivity contribution in [3.05, 3.63) is 59.2 Å². The Morgan fingerprint density at radius 3 is 2.17 bits per heavy atom. The summed E-state index contributed by atoms with van der Waals surface area (Å²) in [6, 6.07) is 14.0. The van der Waals surface area contributed by atoms with E-state index in [2.05, 4.69) is 39.7 Å². The molecule has 3 rings (SSSR count). The van der Waals surface area contributed by atoms with E-state index in [0.29, 0.717) is 17.4 Å². The van der Waals surface area contributed by atoms with Gasteiger partial charge in [0.2, 0.25) is 5.90 Å². The minimum atomic E-state index is 0.584. The molecule has 0 bridgehead atoms. The molecule has 0 aromatic heterocycles. The minimum Gasteiger partial charge on any atom is -0.493 e. The summed E-state index contributed by atoms with van der Waals surface area (Å²) >= 11 is 2.30. The molecular formula is C18H16INO3. The predicted molar refractivity (Wildman–Crippen MR) is 100 cm³/mol. The van der Waals surface area contributed by atoms with Crippen LogP contribution in [0.5, 0.6) is 11.5 Å². The second kappa shape index (κ2) is 6.62. The quantitative estimate of drug-likeness (QED) is 0.692. The molecule has 0 aliphatic carbocycles. The van der Waals surface area contributed by atoms with Crippen molar-refractivity contribution < 1.29 is 14.2 Å². The number of fused-ring (bicyclic) bond motifs is 1. The zero-order chi connectivity index (χ0) is 16.4. The van der Waals surface area contributed by atoms with Crippen LogP contribution in [0.25, 0.3) is 9.34 Å². The van der Waals surface area contributed by atoms with Crippen LogP contribution in [0.1, 0.15) is 16.7 Å². The second-order valence-corrected chi connectivity index (χ2v) is 5.97. The fourth-order valence-corrected chi connectivity index (χ4v) is 3.26. The Hall–Kier alpha value is -2.02. The van der Waals surface area contributed by atoms with Crippen LogP contribution in [0.2, 0.25) is 0 Å². The zero-order valence-electron chi connectivity index (χ0n) is 13.1. The molecule has 0 unspecified atom stereocenters. The highest BCUT2D eigenvalue weighted by molar-refractivity contribution is 14.1. The lowest BCUT2D eigenvalue weighted by atomic mass is 10.0. The molecule has 0 N–H and O–H groups in total. The Morgan fingerprint density at radius 2 is 1.61 bits per heavy atom. The van der Waals surface area contributed by atoms with E-state index in [-0.39, 0.29) is 0 Å². The highest BCUT2D eigenvalue weighted by Gasteiger charge is 2.29. The number of hydrogen-bond acceptors (Lipinski definition) is 4. The first-order valence-electron chi connectivity index (χ1n) is 7.06. The van der Waals surface area contributed by atoms with Crippen LogP contribution >= 0.6 is 22.6 Å². The van der Waals surface area contributed by atoms with Gasteiger partial charge < -0.3 is 14.2 Å². The molecule has 0 spiro atoms. The number of methoxy groups -OCH3 is 2. The van der Waals surface area contributed by atoms with Gasteiger partial charge in [-0.25, -0.2) is 0 Å². The van der Waals surface area contributed by atoms with Crippen molar-refractivity contribution >= 4 is 37.8 Å². The summed E-state index contributed by atoms with van der Waals surface area (Å²) in [6.07, 6.45) is 0. The molecule has 4 nitrogen and oxygen atoms in total. The molecule has 0 fully saturated rings. The Labute approximate surface area is 148 Å². The van der Waals surface area contributed by atoms with Gasteiger partial charge in [0.05, 0.1) is 23.4 Å². The van der Waals surface area contributed by atoms with Gasteiger partial charge in [-0.2, -0.15) is 0 Å². The van der Waals surface area contributed by atoms with Gasteiger partial charge in [-0.1, -0.05) is 30.3 Å². The highest BCUT2D eigenvalue weighted by atomic mass is 127. The van der Waals surface area contributed by atoms with Gasteiger partial charge in [-0.3, -0.25) is 4.99 Å². The van der Waals surface area contributed by atoms with Crippen molar-refractivity contribution in [1.82, 2.24) is 0 Å². The van der Waals surface area contributed by atoms with Crippen LogP contribution < -0.4 is 9.47 Å². The number of aliphatic imine (C=N–C) groups is 1. The van der Waals surface area contributed by atoms with Crippen LogP contribution in [0, 0.1) is 0 Å². The summed E-state index contributed by atoms with van der Waals surface area (Å²) in [5.74, 6) is 2.70. The van der Waals surface area contributed by atoms with Crippen LogP contribution in [-0.4, -0.2) is 27.2 Å². The molecule has 1 aliphatic rings. The van der Waals surface area contributed by atoms with Crippen LogP contribution in [0.4, 0.5) is 0 Å². The van der Waals surface area contributed by atoms with Crippen molar-refractivity contribution in [2.75, 3.05) is 21.3 Å². The summed E-state index contributed by atoms with van der Waals surface area (Å²) in [5, 5.41) is 0. The van der Waals surface area contributed by atoms with Crippen molar-refractivity contribution in [2.45, 2.75) is 0 Å². The van der Waals surface area contributed by atoms with E-state index in [1.54, 1.807) is 21.3 Å². The highest BCUT2D eigenvalue weighted by Crippen LogP contribution is 2.43. The molecule has 0 radical (unpaired) electrons. The third-order valence-corrected chi connectivity index (χ3v) is 4.74. The molecule has 0 atom stereocenters. The second-order valence-electron chi connectivity index (χ2n) is 4.89. The molecule has 2 aromatic rings. The van der Waals surface area contributed by atoms with E-state index >= 15 is 0 Å². The van der Waals surface area contributed by atoms with Crippen molar-refractivity contribution in [3.8, 4) is 11.5 Å². The first-order chi connectivity index (χ1) is 11.2. The lowest BCUT2D eigenvalue weighted by Crippen LogP contribution is -1.98. The molecule has 1 aliphatic heterocycles. The fraction of sp³-hybridized carbons (Fsp3) is 0.167. The summed E-state index contributed by atoms with van der Waals surface area (Å²) in [4.78, 5) is 4.25. The number of nitrogens with zero attached hydrogens (tertiary/aromatic N) is 1. The number of rotatable bonds is 3. The predicted octanol–water partition coefficient (Wildman–Crippen LogP) is 4.37. The van der Waals surface area contributed by atoms with Gasteiger partial charge in [0.25, 0.3) is 0 Å². The van der Waals surface area contributed by atoms with Crippen LogP contribution in [0.3, 0.4) is 0 Å². The van der Waals surface area contributed by atoms with E-state index in [1.165, 1.54) is 0 Å². The summed E-state index contributed by atoms with van der Waals surface area (Å²) in [6.45, 7) is 0. The van der Waals surface area contributed by atoms with E-state index in [0.717, 1.165) is 26.0 Å². The zero-order valence-corrected chi connectivity index (χ0v) is 15.2. The Balaban J connectivity index is 2.22. The third-order valence-electron chi connectivity index (χ3n) is 3.63. The number of halogens is 1. The molecule has 5 heteroatoms. The fourth-order valence-electron chi connectivity index (χ4n) is 2.50. The van der Waals surface area contributed by atoms with Gasteiger partial charge in [-0.15, -0.1) is 0 Å². The van der Waals surface area contributed by atoms with Crippen LogP contribution in [-0.2, 0) is 4.74 Å². The van der Waals surface area contributed by atoms with Crippen LogP contribution in [0.15, 0.2) is 47.5 Å². The molecule has 0 saturated heterocycles. The molecule has 0 saturated carbocycles. The maximum absolute atomic E-state index is 6.01. The molecular weight excluding hydrogens is 405 g/mol. The Kier molecular flexibility index (Phi) is 4.56. The standard InChI is InChI=1S/C18H16INO3/c1-20-18-13-10-15(22-3)14(21-2)9-12(13)17(23-18)16(19)11-7-5-4-6-8-11/h4-10H,1-3H3/b17-16+,20-18?. The van der Waals surface area contributed by atoms with Crippen molar-refractivity contribution in [2.24, 2.45) is 4.99 Å².